The molecule has 0 aliphatic rings. The normalized spacial score (nSPS) is 10.8. The summed E-state index contributed by atoms with van der Waals surface area (Å²) in [7, 11) is 0. The van der Waals surface area contributed by atoms with Crippen molar-refractivity contribution in [1.82, 2.24) is 14.8 Å². The number of hydrogen-bond donors (Lipinski definition) is 2. The maximum absolute atomic E-state index is 12.4. The summed E-state index contributed by atoms with van der Waals surface area (Å²) in [6.07, 6.45) is 2.04. The number of amides is 2. The molecule has 156 valence electrons. The number of hydrogen-bond acceptors (Lipinski definition) is 5. The number of benzene rings is 2. The van der Waals surface area contributed by atoms with Crippen LogP contribution in [0.25, 0.3) is 5.69 Å². The molecule has 30 heavy (non-hydrogen) atoms. The smallest absolute Gasteiger partial charge is 0.234 e. The molecule has 3 aromatic rings. The first kappa shape index (κ1) is 21.6. The number of nitrogens with zero attached hydrogens (tertiary/aromatic N) is 3. The van der Waals surface area contributed by atoms with Crippen LogP contribution in [-0.4, -0.2) is 32.3 Å². The van der Waals surface area contributed by atoms with Crippen molar-refractivity contribution in [2.45, 2.75) is 38.3 Å². The SMILES string of the molecule is CCC(=O)Nc1cccc(NC(=O)CSc2nncn2-c2ccc(C(C)C)cc2)c1. The minimum Gasteiger partial charge on any atom is -0.326 e. The van der Waals surface area contributed by atoms with Crippen LogP contribution < -0.4 is 10.6 Å². The zero-order valence-corrected chi connectivity index (χ0v) is 18.1. The standard InChI is InChI=1S/C22H25N5O2S/c1-4-20(28)24-17-6-5-7-18(12-17)25-21(29)13-30-22-26-23-14-27(22)19-10-8-16(9-11-19)15(2)3/h5-12,14-15H,4,13H2,1-3H3,(H,24,28)(H,25,29). The maximum Gasteiger partial charge on any atom is 0.234 e. The summed E-state index contributed by atoms with van der Waals surface area (Å²) in [6, 6.07) is 15.3. The van der Waals surface area contributed by atoms with Crippen LogP contribution in [0.5, 0.6) is 0 Å². The van der Waals surface area contributed by atoms with Crippen molar-refractivity contribution in [1.29, 1.82) is 0 Å². The van der Waals surface area contributed by atoms with Crippen LogP contribution in [0.15, 0.2) is 60.0 Å². The Kier molecular flexibility index (Phi) is 7.24. The van der Waals surface area contributed by atoms with Crippen LogP contribution in [0.1, 0.15) is 38.7 Å². The van der Waals surface area contributed by atoms with Gasteiger partial charge in [-0.25, -0.2) is 0 Å². The third-order valence-corrected chi connectivity index (χ3v) is 5.38. The molecule has 0 unspecified atom stereocenters. The molecule has 1 heterocycles. The summed E-state index contributed by atoms with van der Waals surface area (Å²) in [5.41, 5.74) is 3.49. The number of carbonyl (C=O) groups excluding carboxylic acids is 2. The first-order valence-electron chi connectivity index (χ1n) is 9.79. The van der Waals surface area contributed by atoms with E-state index in [4.69, 9.17) is 0 Å². The summed E-state index contributed by atoms with van der Waals surface area (Å²) >= 11 is 1.31. The topological polar surface area (TPSA) is 88.9 Å². The maximum atomic E-state index is 12.4. The lowest BCUT2D eigenvalue weighted by Crippen LogP contribution is -2.15. The second kappa shape index (κ2) is 10.1. The number of aromatic nitrogens is 3. The number of thioether (sulfide) groups is 1. The van der Waals surface area contributed by atoms with E-state index in [1.165, 1.54) is 17.3 Å². The van der Waals surface area contributed by atoms with E-state index in [9.17, 15) is 9.59 Å². The van der Waals surface area contributed by atoms with Crippen molar-refractivity contribution in [3.8, 4) is 5.69 Å². The van der Waals surface area contributed by atoms with Crippen LogP contribution in [0.3, 0.4) is 0 Å². The lowest BCUT2D eigenvalue weighted by atomic mass is 10.0. The van der Waals surface area contributed by atoms with E-state index in [1.807, 2.05) is 16.7 Å². The van der Waals surface area contributed by atoms with Gasteiger partial charge in [0.15, 0.2) is 5.16 Å². The molecule has 0 saturated carbocycles. The summed E-state index contributed by atoms with van der Waals surface area (Å²) in [5.74, 6) is 0.415. The molecule has 3 rings (SSSR count). The van der Waals surface area contributed by atoms with Gasteiger partial charge in [-0.05, 0) is 41.8 Å². The van der Waals surface area contributed by atoms with E-state index >= 15 is 0 Å². The molecule has 1 aromatic heterocycles. The first-order valence-corrected chi connectivity index (χ1v) is 10.8. The van der Waals surface area contributed by atoms with Gasteiger partial charge in [-0.1, -0.05) is 50.7 Å². The minimum atomic E-state index is -0.163. The highest BCUT2D eigenvalue weighted by molar-refractivity contribution is 7.99. The quantitative estimate of drug-likeness (QED) is 0.522. The van der Waals surface area contributed by atoms with Gasteiger partial charge in [-0.2, -0.15) is 0 Å². The summed E-state index contributed by atoms with van der Waals surface area (Å²) in [6.45, 7) is 6.10. The van der Waals surface area contributed by atoms with Gasteiger partial charge in [-0.3, -0.25) is 14.2 Å². The fraction of sp³-hybridized carbons (Fsp3) is 0.273. The molecular formula is C22H25N5O2S. The van der Waals surface area contributed by atoms with Crippen molar-refractivity contribution < 1.29 is 9.59 Å². The van der Waals surface area contributed by atoms with Crippen molar-refractivity contribution in [2.75, 3.05) is 16.4 Å². The van der Waals surface area contributed by atoms with E-state index in [-0.39, 0.29) is 17.6 Å². The molecule has 0 aliphatic heterocycles. The van der Waals surface area contributed by atoms with Crippen LogP contribution in [0, 0.1) is 0 Å². The molecule has 8 heteroatoms. The fourth-order valence-corrected chi connectivity index (χ4v) is 3.50. The highest BCUT2D eigenvalue weighted by Crippen LogP contribution is 2.22. The van der Waals surface area contributed by atoms with Gasteiger partial charge in [0.05, 0.1) is 5.75 Å². The van der Waals surface area contributed by atoms with Crippen molar-refractivity contribution in [3.63, 3.8) is 0 Å². The van der Waals surface area contributed by atoms with Gasteiger partial charge in [0.1, 0.15) is 6.33 Å². The van der Waals surface area contributed by atoms with Crippen LogP contribution in [-0.2, 0) is 9.59 Å². The number of nitrogens with one attached hydrogen (secondary N) is 2. The fourth-order valence-electron chi connectivity index (χ4n) is 2.77. The zero-order valence-electron chi connectivity index (χ0n) is 17.3. The van der Waals surface area contributed by atoms with E-state index < -0.39 is 0 Å². The van der Waals surface area contributed by atoms with Gasteiger partial charge in [0.25, 0.3) is 0 Å². The van der Waals surface area contributed by atoms with Crippen molar-refractivity contribution in [3.05, 3.63) is 60.4 Å². The van der Waals surface area contributed by atoms with E-state index in [2.05, 4.69) is 46.8 Å². The van der Waals surface area contributed by atoms with Crippen molar-refractivity contribution >= 4 is 35.0 Å². The summed E-state index contributed by atoms with van der Waals surface area (Å²) in [4.78, 5) is 23.9. The Labute approximate surface area is 180 Å². The Morgan fingerprint density at radius 1 is 1.03 bits per heavy atom. The van der Waals surface area contributed by atoms with E-state index in [0.29, 0.717) is 28.9 Å². The van der Waals surface area contributed by atoms with Crippen LogP contribution in [0.4, 0.5) is 11.4 Å². The first-order chi connectivity index (χ1) is 14.5. The van der Waals surface area contributed by atoms with Crippen LogP contribution in [0.2, 0.25) is 0 Å². The van der Waals surface area contributed by atoms with Crippen molar-refractivity contribution in [2.24, 2.45) is 0 Å². The predicted octanol–water partition coefficient (Wildman–Crippen LogP) is 4.47. The number of anilines is 2. The Morgan fingerprint density at radius 2 is 1.70 bits per heavy atom. The molecule has 0 atom stereocenters. The molecule has 0 fully saturated rings. The Bertz CT molecular complexity index is 1010. The molecule has 2 amide bonds. The second-order valence-electron chi connectivity index (χ2n) is 7.05. The lowest BCUT2D eigenvalue weighted by molar-refractivity contribution is -0.116. The van der Waals surface area contributed by atoms with Crippen LogP contribution >= 0.6 is 11.8 Å². The summed E-state index contributed by atoms with van der Waals surface area (Å²) in [5, 5.41) is 14.4. The molecule has 0 spiro atoms. The van der Waals surface area contributed by atoms with Gasteiger partial charge < -0.3 is 10.6 Å². The number of rotatable bonds is 8. The minimum absolute atomic E-state index is 0.0743. The average molecular weight is 424 g/mol. The molecule has 2 N–H and O–H groups in total. The molecule has 0 aliphatic carbocycles. The molecule has 0 saturated heterocycles. The molecule has 0 radical (unpaired) electrons. The summed E-state index contributed by atoms with van der Waals surface area (Å²) < 4.78 is 1.86. The third kappa shape index (κ3) is 5.70. The largest absolute Gasteiger partial charge is 0.326 e. The lowest BCUT2D eigenvalue weighted by Gasteiger charge is -2.10. The Balaban J connectivity index is 1.60. The van der Waals surface area contributed by atoms with Gasteiger partial charge >= 0.3 is 0 Å². The van der Waals surface area contributed by atoms with Gasteiger partial charge in [-0.15, -0.1) is 10.2 Å². The molecule has 0 bridgehead atoms. The van der Waals surface area contributed by atoms with E-state index in [0.717, 1.165) is 5.69 Å². The predicted molar refractivity (Wildman–Crippen MR) is 120 cm³/mol. The zero-order chi connectivity index (χ0) is 21.5. The monoisotopic (exact) mass is 423 g/mol. The third-order valence-electron chi connectivity index (χ3n) is 4.44. The molecular weight excluding hydrogens is 398 g/mol. The Morgan fingerprint density at radius 3 is 2.33 bits per heavy atom. The highest BCUT2D eigenvalue weighted by atomic mass is 32.2. The highest BCUT2D eigenvalue weighted by Gasteiger charge is 2.11. The second-order valence-corrected chi connectivity index (χ2v) is 7.99. The average Bonchev–Trinajstić information content (AvgIpc) is 3.21. The van der Waals surface area contributed by atoms with E-state index in [1.54, 1.807) is 37.5 Å². The van der Waals surface area contributed by atoms with Gasteiger partial charge in [0, 0.05) is 23.5 Å². The van der Waals surface area contributed by atoms with Gasteiger partial charge in [0.2, 0.25) is 11.8 Å². The number of carbonyl (C=O) groups is 2. The molecule has 2 aromatic carbocycles. The molecule has 7 nitrogen and oxygen atoms in total. The Hall–Kier alpha value is -3.13.